The fraction of sp³-hybridized carbons (Fsp3) is 0.625. The van der Waals surface area contributed by atoms with Crippen LogP contribution < -0.4 is 10.2 Å². The number of hydrogen-bond donors (Lipinski definition) is 1. The molecule has 2 aliphatic rings. The van der Waals surface area contributed by atoms with E-state index < -0.39 is 0 Å². The molecule has 0 aromatic heterocycles. The summed E-state index contributed by atoms with van der Waals surface area (Å²) in [5.41, 5.74) is 1.62. The number of morpholine rings is 1. The Morgan fingerprint density at radius 3 is 2.90 bits per heavy atom. The van der Waals surface area contributed by atoms with Gasteiger partial charge in [0.25, 0.3) is 0 Å². The summed E-state index contributed by atoms with van der Waals surface area (Å²) >= 11 is 0. The predicted molar refractivity (Wildman–Crippen MR) is 78.5 cm³/mol. The summed E-state index contributed by atoms with van der Waals surface area (Å²) in [5.74, 6) is -0.130. The smallest absolute Gasteiger partial charge is 0.146 e. The molecule has 1 aliphatic carbocycles. The van der Waals surface area contributed by atoms with Gasteiger partial charge >= 0.3 is 0 Å². The van der Waals surface area contributed by atoms with E-state index in [0.29, 0.717) is 19.3 Å². The zero-order valence-corrected chi connectivity index (χ0v) is 12.3. The Morgan fingerprint density at radius 1 is 1.40 bits per heavy atom. The van der Waals surface area contributed by atoms with E-state index in [1.807, 2.05) is 6.07 Å². The average molecular weight is 278 g/mol. The average Bonchev–Trinajstić information content (AvgIpc) is 3.21. The minimum atomic E-state index is -0.172. The lowest BCUT2D eigenvalue weighted by Crippen LogP contribution is -2.54. The second kappa shape index (κ2) is 5.34. The Hall–Kier alpha value is -1.13. The number of para-hydroxylation sites is 1. The Balaban J connectivity index is 1.89. The van der Waals surface area contributed by atoms with Crippen molar-refractivity contribution in [3.05, 3.63) is 29.6 Å². The van der Waals surface area contributed by atoms with E-state index in [4.69, 9.17) is 4.74 Å². The minimum absolute atomic E-state index is 0.130. The molecule has 0 amide bonds. The van der Waals surface area contributed by atoms with Crippen LogP contribution in [0.25, 0.3) is 0 Å². The van der Waals surface area contributed by atoms with Crippen molar-refractivity contribution in [1.82, 2.24) is 5.32 Å². The largest absolute Gasteiger partial charge is 0.377 e. The van der Waals surface area contributed by atoms with Crippen LogP contribution in [0.4, 0.5) is 10.1 Å². The van der Waals surface area contributed by atoms with Crippen LogP contribution in [-0.2, 0) is 11.3 Å². The van der Waals surface area contributed by atoms with E-state index in [1.54, 1.807) is 12.1 Å². The van der Waals surface area contributed by atoms with Gasteiger partial charge in [-0.15, -0.1) is 0 Å². The highest BCUT2D eigenvalue weighted by molar-refractivity contribution is 5.57. The number of ether oxygens (including phenoxy) is 1. The highest BCUT2D eigenvalue weighted by Gasteiger charge is 2.33. The molecule has 0 spiro atoms. The number of rotatable bonds is 4. The van der Waals surface area contributed by atoms with Crippen molar-refractivity contribution in [3.63, 3.8) is 0 Å². The number of nitrogens with zero attached hydrogens (tertiary/aromatic N) is 1. The highest BCUT2D eigenvalue weighted by atomic mass is 19.1. The first-order valence-corrected chi connectivity index (χ1v) is 7.44. The molecule has 1 aliphatic heterocycles. The molecular formula is C16H23FN2O. The number of halogens is 1. The molecule has 20 heavy (non-hydrogen) atoms. The number of hydrogen-bond acceptors (Lipinski definition) is 3. The van der Waals surface area contributed by atoms with Crippen LogP contribution in [0.2, 0.25) is 0 Å². The standard InChI is InChI=1S/C16H23FN2O/c1-16(2)11-20-9-8-19(16)15-12(4-3-5-14(15)17)10-18-13-6-7-13/h3-5,13,18H,6-11H2,1-2H3. The fourth-order valence-electron chi connectivity index (χ4n) is 2.82. The molecule has 0 unspecified atom stereocenters. The van der Waals surface area contributed by atoms with Gasteiger partial charge in [-0.25, -0.2) is 4.39 Å². The van der Waals surface area contributed by atoms with Gasteiger partial charge in [-0.05, 0) is 38.3 Å². The molecular weight excluding hydrogens is 255 g/mol. The van der Waals surface area contributed by atoms with Crippen molar-refractivity contribution >= 4 is 5.69 Å². The molecule has 1 N–H and O–H groups in total. The highest BCUT2D eigenvalue weighted by Crippen LogP contribution is 2.33. The molecule has 1 heterocycles. The Bertz CT molecular complexity index is 485. The van der Waals surface area contributed by atoms with E-state index >= 15 is 0 Å². The maximum atomic E-state index is 14.4. The monoisotopic (exact) mass is 278 g/mol. The van der Waals surface area contributed by atoms with Crippen LogP contribution in [0.15, 0.2) is 18.2 Å². The van der Waals surface area contributed by atoms with Gasteiger partial charge in [0, 0.05) is 19.1 Å². The van der Waals surface area contributed by atoms with Gasteiger partial charge in [-0.1, -0.05) is 12.1 Å². The van der Waals surface area contributed by atoms with Gasteiger partial charge in [0.15, 0.2) is 0 Å². The lowest BCUT2D eigenvalue weighted by atomic mass is 9.99. The van der Waals surface area contributed by atoms with E-state index in [0.717, 1.165) is 24.3 Å². The van der Waals surface area contributed by atoms with Gasteiger partial charge in [-0.3, -0.25) is 0 Å². The summed E-state index contributed by atoms with van der Waals surface area (Å²) in [6, 6.07) is 6.01. The summed E-state index contributed by atoms with van der Waals surface area (Å²) in [7, 11) is 0. The number of nitrogens with one attached hydrogen (secondary N) is 1. The second-order valence-electron chi connectivity index (χ2n) is 6.42. The number of anilines is 1. The van der Waals surface area contributed by atoms with Gasteiger partial charge in [0.2, 0.25) is 0 Å². The van der Waals surface area contributed by atoms with Crippen LogP contribution in [-0.4, -0.2) is 31.3 Å². The van der Waals surface area contributed by atoms with Gasteiger partial charge in [0.1, 0.15) is 5.82 Å². The molecule has 0 radical (unpaired) electrons. The zero-order chi connectivity index (χ0) is 14.2. The predicted octanol–water partition coefficient (Wildman–Crippen LogP) is 2.69. The van der Waals surface area contributed by atoms with Crippen molar-refractivity contribution in [2.24, 2.45) is 0 Å². The first-order chi connectivity index (χ1) is 9.58. The fourth-order valence-corrected chi connectivity index (χ4v) is 2.82. The Labute approximate surface area is 120 Å². The normalized spacial score (nSPS) is 22.1. The van der Waals surface area contributed by atoms with Crippen LogP contribution in [0.5, 0.6) is 0 Å². The zero-order valence-electron chi connectivity index (χ0n) is 12.3. The van der Waals surface area contributed by atoms with Crippen molar-refractivity contribution in [3.8, 4) is 0 Å². The molecule has 110 valence electrons. The summed E-state index contributed by atoms with van der Waals surface area (Å²) in [6.45, 7) is 6.99. The van der Waals surface area contributed by atoms with Crippen molar-refractivity contribution in [2.75, 3.05) is 24.7 Å². The Morgan fingerprint density at radius 2 is 2.20 bits per heavy atom. The molecule has 1 saturated heterocycles. The minimum Gasteiger partial charge on any atom is -0.377 e. The third kappa shape index (κ3) is 2.81. The second-order valence-corrected chi connectivity index (χ2v) is 6.42. The first-order valence-electron chi connectivity index (χ1n) is 7.44. The van der Waals surface area contributed by atoms with Gasteiger partial charge < -0.3 is 15.0 Å². The van der Waals surface area contributed by atoms with E-state index in [-0.39, 0.29) is 11.4 Å². The maximum Gasteiger partial charge on any atom is 0.146 e. The van der Waals surface area contributed by atoms with E-state index in [2.05, 4.69) is 24.1 Å². The molecule has 1 aromatic rings. The molecule has 4 heteroatoms. The third-order valence-corrected chi connectivity index (χ3v) is 4.14. The first kappa shape index (κ1) is 13.8. The maximum absolute atomic E-state index is 14.4. The molecule has 3 nitrogen and oxygen atoms in total. The molecule has 0 atom stereocenters. The van der Waals surface area contributed by atoms with E-state index in [1.165, 1.54) is 12.8 Å². The van der Waals surface area contributed by atoms with Crippen LogP contribution >= 0.6 is 0 Å². The van der Waals surface area contributed by atoms with Crippen molar-refractivity contribution in [1.29, 1.82) is 0 Å². The van der Waals surface area contributed by atoms with Crippen LogP contribution in [0.3, 0.4) is 0 Å². The summed E-state index contributed by atoms with van der Waals surface area (Å²) in [5, 5.41) is 3.48. The quantitative estimate of drug-likeness (QED) is 0.916. The van der Waals surface area contributed by atoms with Gasteiger partial charge in [0.05, 0.1) is 24.4 Å². The molecule has 1 aromatic carbocycles. The topological polar surface area (TPSA) is 24.5 Å². The third-order valence-electron chi connectivity index (χ3n) is 4.14. The van der Waals surface area contributed by atoms with E-state index in [9.17, 15) is 4.39 Å². The lowest BCUT2D eigenvalue weighted by molar-refractivity contribution is 0.0638. The lowest BCUT2D eigenvalue weighted by Gasteiger charge is -2.44. The summed E-state index contributed by atoms with van der Waals surface area (Å²) < 4.78 is 20.0. The number of benzene rings is 1. The molecule has 0 bridgehead atoms. The van der Waals surface area contributed by atoms with Crippen LogP contribution in [0, 0.1) is 5.82 Å². The van der Waals surface area contributed by atoms with Crippen molar-refractivity contribution in [2.45, 2.75) is 44.8 Å². The van der Waals surface area contributed by atoms with Gasteiger partial charge in [-0.2, -0.15) is 0 Å². The SMILES string of the molecule is CC1(C)COCCN1c1c(F)cccc1CNC1CC1. The van der Waals surface area contributed by atoms with Crippen LogP contribution in [0.1, 0.15) is 32.3 Å². The summed E-state index contributed by atoms with van der Waals surface area (Å²) in [6.07, 6.45) is 2.49. The Kier molecular flexibility index (Phi) is 3.69. The van der Waals surface area contributed by atoms with Crippen molar-refractivity contribution < 1.29 is 9.13 Å². The summed E-state index contributed by atoms with van der Waals surface area (Å²) in [4.78, 5) is 2.16. The molecule has 2 fully saturated rings. The molecule has 3 rings (SSSR count). The molecule has 1 saturated carbocycles.